The van der Waals surface area contributed by atoms with E-state index in [-0.39, 0.29) is 0 Å². The minimum atomic E-state index is 0.815. The Morgan fingerprint density at radius 1 is 1.47 bits per heavy atom. The highest BCUT2D eigenvalue weighted by Gasteiger charge is 2.02. The van der Waals surface area contributed by atoms with Crippen LogP contribution in [0.3, 0.4) is 0 Å². The maximum Gasteiger partial charge on any atom is 0.0564 e. The van der Waals surface area contributed by atoms with Gasteiger partial charge in [-0.2, -0.15) is 0 Å². The molecule has 0 saturated heterocycles. The molecule has 0 saturated carbocycles. The smallest absolute Gasteiger partial charge is 0.0564 e. The van der Waals surface area contributed by atoms with E-state index >= 15 is 0 Å². The molecule has 0 amide bonds. The zero-order valence-electron chi connectivity index (χ0n) is 11.1. The monoisotopic (exact) mass is 237 g/mol. The quantitative estimate of drug-likeness (QED) is 0.702. The summed E-state index contributed by atoms with van der Waals surface area (Å²) >= 11 is 0. The Hall–Kier alpha value is -1.13. The van der Waals surface area contributed by atoms with Crippen LogP contribution in [0.4, 0.5) is 5.69 Å². The summed E-state index contributed by atoms with van der Waals surface area (Å²) in [4.78, 5) is 6.64. The number of methoxy groups -OCH3 is 1. The molecule has 1 aromatic heterocycles. The summed E-state index contributed by atoms with van der Waals surface area (Å²) in [5, 5.41) is 3.29. The molecule has 1 rings (SSSR count). The molecule has 0 bridgehead atoms. The molecule has 0 radical (unpaired) electrons. The van der Waals surface area contributed by atoms with Crippen LogP contribution >= 0.6 is 0 Å². The Morgan fingerprint density at radius 3 is 3.00 bits per heavy atom. The highest BCUT2D eigenvalue weighted by Crippen LogP contribution is 2.09. The second-order valence-electron chi connectivity index (χ2n) is 4.15. The summed E-state index contributed by atoms with van der Waals surface area (Å²) in [6.45, 7) is 5.75. The number of hydrogen-bond donors (Lipinski definition) is 1. The highest BCUT2D eigenvalue weighted by atomic mass is 16.5. The van der Waals surface area contributed by atoms with Crippen molar-refractivity contribution in [1.29, 1.82) is 0 Å². The number of ether oxygens (including phenoxy) is 1. The molecule has 4 heteroatoms. The van der Waals surface area contributed by atoms with Crippen molar-refractivity contribution in [2.75, 3.05) is 39.2 Å². The molecule has 1 heterocycles. The molecule has 0 aliphatic carbocycles. The minimum Gasteiger partial charge on any atom is -0.385 e. The van der Waals surface area contributed by atoms with Crippen molar-refractivity contribution in [3.05, 3.63) is 24.0 Å². The first-order valence-corrected chi connectivity index (χ1v) is 6.12. The fourth-order valence-electron chi connectivity index (χ4n) is 1.71. The molecule has 0 aromatic carbocycles. The first-order valence-electron chi connectivity index (χ1n) is 6.12. The lowest BCUT2D eigenvalue weighted by Crippen LogP contribution is -2.20. The van der Waals surface area contributed by atoms with E-state index in [1.54, 1.807) is 7.11 Å². The van der Waals surface area contributed by atoms with Gasteiger partial charge in [-0.3, -0.25) is 4.98 Å². The van der Waals surface area contributed by atoms with Crippen molar-refractivity contribution in [2.24, 2.45) is 0 Å². The third kappa shape index (κ3) is 5.65. The van der Waals surface area contributed by atoms with E-state index in [2.05, 4.69) is 35.2 Å². The van der Waals surface area contributed by atoms with Crippen LogP contribution in [0.15, 0.2) is 18.3 Å². The van der Waals surface area contributed by atoms with Gasteiger partial charge >= 0.3 is 0 Å². The van der Waals surface area contributed by atoms with Crippen molar-refractivity contribution in [3.8, 4) is 0 Å². The Balaban J connectivity index is 2.41. The third-order valence-corrected chi connectivity index (χ3v) is 2.52. The van der Waals surface area contributed by atoms with Gasteiger partial charge < -0.3 is 15.0 Å². The lowest BCUT2D eigenvalue weighted by molar-refractivity contribution is 0.178. The fourth-order valence-corrected chi connectivity index (χ4v) is 1.71. The molecule has 0 fully saturated rings. The van der Waals surface area contributed by atoms with Gasteiger partial charge in [0.25, 0.3) is 0 Å². The van der Waals surface area contributed by atoms with E-state index in [0.29, 0.717) is 0 Å². The van der Waals surface area contributed by atoms with Gasteiger partial charge in [0.05, 0.1) is 5.69 Å². The topological polar surface area (TPSA) is 37.4 Å². The van der Waals surface area contributed by atoms with Gasteiger partial charge in [0.15, 0.2) is 0 Å². The highest BCUT2D eigenvalue weighted by molar-refractivity contribution is 5.42. The Kier molecular flexibility index (Phi) is 6.58. The Bertz CT molecular complexity index is 317. The number of anilines is 1. The van der Waals surface area contributed by atoms with Gasteiger partial charge in [-0.15, -0.1) is 0 Å². The summed E-state index contributed by atoms with van der Waals surface area (Å²) in [6.07, 6.45) is 2.91. The number of hydrogen-bond acceptors (Lipinski definition) is 4. The van der Waals surface area contributed by atoms with Crippen LogP contribution in [0.1, 0.15) is 19.0 Å². The van der Waals surface area contributed by atoms with E-state index in [0.717, 1.165) is 44.0 Å². The van der Waals surface area contributed by atoms with Crippen LogP contribution in [0, 0.1) is 0 Å². The predicted molar refractivity (Wildman–Crippen MR) is 71.2 cm³/mol. The maximum atomic E-state index is 5.04. The summed E-state index contributed by atoms with van der Waals surface area (Å²) in [5.74, 6) is 0. The van der Waals surface area contributed by atoms with Crippen molar-refractivity contribution >= 4 is 5.69 Å². The zero-order valence-corrected chi connectivity index (χ0v) is 11.1. The molecular weight excluding hydrogens is 214 g/mol. The molecule has 1 N–H and O–H groups in total. The van der Waals surface area contributed by atoms with Crippen LogP contribution in [0.25, 0.3) is 0 Å². The molecule has 0 aliphatic heterocycles. The number of aromatic nitrogens is 1. The van der Waals surface area contributed by atoms with Crippen LogP contribution in [0.2, 0.25) is 0 Å². The molecule has 17 heavy (non-hydrogen) atoms. The molecular formula is C13H23N3O. The van der Waals surface area contributed by atoms with Crippen molar-refractivity contribution in [2.45, 2.75) is 19.9 Å². The molecule has 0 aliphatic rings. The molecule has 0 unspecified atom stereocenters. The van der Waals surface area contributed by atoms with Crippen molar-refractivity contribution in [3.63, 3.8) is 0 Å². The summed E-state index contributed by atoms with van der Waals surface area (Å²) in [5.41, 5.74) is 2.24. The van der Waals surface area contributed by atoms with Crippen molar-refractivity contribution in [1.82, 2.24) is 9.88 Å². The largest absolute Gasteiger partial charge is 0.385 e. The lowest BCUT2D eigenvalue weighted by atomic mass is 10.3. The second kappa shape index (κ2) is 8.03. The van der Waals surface area contributed by atoms with Gasteiger partial charge in [-0.1, -0.05) is 0 Å². The van der Waals surface area contributed by atoms with Gasteiger partial charge in [0.1, 0.15) is 0 Å². The molecule has 0 spiro atoms. The third-order valence-electron chi connectivity index (χ3n) is 2.52. The van der Waals surface area contributed by atoms with E-state index < -0.39 is 0 Å². The van der Waals surface area contributed by atoms with Crippen LogP contribution in [-0.4, -0.2) is 43.7 Å². The normalized spacial score (nSPS) is 10.8. The lowest BCUT2D eigenvalue weighted by Gasteiger charge is -2.16. The molecule has 0 atom stereocenters. The van der Waals surface area contributed by atoms with E-state index in [4.69, 9.17) is 4.74 Å². The molecule has 1 aromatic rings. The first kappa shape index (κ1) is 13.9. The summed E-state index contributed by atoms with van der Waals surface area (Å²) in [7, 11) is 3.85. The number of nitrogens with zero attached hydrogens (tertiary/aromatic N) is 2. The summed E-state index contributed by atoms with van der Waals surface area (Å²) < 4.78 is 5.04. The van der Waals surface area contributed by atoms with Crippen LogP contribution in [0.5, 0.6) is 0 Å². The maximum absolute atomic E-state index is 5.04. The number of rotatable bonds is 8. The number of pyridine rings is 1. The van der Waals surface area contributed by atoms with Crippen LogP contribution < -0.4 is 5.32 Å². The molecule has 4 nitrogen and oxygen atoms in total. The van der Waals surface area contributed by atoms with Gasteiger partial charge in [0, 0.05) is 45.2 Å². The Morgan fingerprint density at radius 2 is 2.29 bits per heavy atom. The van der Waals surface area contributed by atoms with Gasteiger partial charge in [0.2, 0.25) is 0 Å². The standard InChI is InChI=1S/C13H23N3O/c1-4-14-12-6-7-15-13(10-12)11-16(2)8-5-9-17-3/h6-7,10H,4-5,8-9,11H2,1-3H3,(H,14,15). The van der Waals surface area contributed by atoms with E-state index in [9.17, 15) is 0 Å². The van der Waals surface area contributed by atoms with Crippen LogP contribution in [-0.2, 0) is 11.3 Å². The summed E-state index contributed by atoms with van der Waals surface area (Å²) in [6, 6.07) is 4.11. The SMILES string of the molecule is CCNc1ccnc(CN(C)CCCOC)c1. The second-order valence-corrected chi connectivity index (χ2v) is 4.15. The fraction of sp³-hybridized carbons (Fsp3) is 0.615. The average Bonchev–Trinajstić information content (AvgIpc) is 2.30. The number of nitrogens with one attached hydrogen (secondary N) is 1. The first-order chi connectivity index (χ1) is 8.26. The Labute approximate surface area is 104 Å². The van der Waals surface area contributed by atoms with E-state index in [1.165, 1.54) is 0 Å². The van der Waals surface area contributed by atoms with Gasteiger partial charge in [-0.05, 0) is 32.5 Å². The van der Waals surface area contributed by atoms with Gasteiger partial charge in [-0.25, -0.2) is 0 Å². The predicted octanol–water partition coefficient (Wildman–Crippen LogP) is 1.98. The molecule has 96 valence electrons. The average molecular weight is 237 g/mol. The van der Waals surface area contributed by atoms with E-state index in [1.807, 2.05) is 12.3 Å². The van der Waals surface area contributed by atoms with Crippen molar-refractivity contribution < 1.29 is 4.74 Å². The zero-order chi connectivity index (χ0) is 12.5. The minimum absolute atomic E-state index is 0.815.